The van der Waals surface area contributed by atoms with Gasteiger partial charge in [0, 0.05) is 49.8 Å². The van der Waals surface area contributed by atoms with Crippen molar-refractivity contribution in [2.75, 3.05) is 37.8 Å². The molecule has 9 heteroatoms. The number of ether oxygens (including phenoxy) is 2. The molecule has 2 aliphatic rings. The van der Waals surface area contributed by atoms with Gasteiger partial charge in [-0.15, -0.1) is 24.8 Å². The Morgan fingerprint density at radius 2 is 2.07 bits per heavy atom. The summed E-state index contributed by atoms with van der Waals surface area (Å²) in [7, 11) is 0. The number of pyridine rings is 1. The maximum Gasteiger partial charge on any atom is 0.241 e. The zero-order valence-corrected chi connectivity index (χ0v) is 18.4. The van der Waals surface area contributed by atoms with Crippen LogP contribution in [0.3, 0.4) is 0 Å². The number of carbonyl (C=O) groups is 1. The molecule has 2 unspecified atom stereocenters. The molecule has 160 valence electrons. The minimum atomic E-state index is -0.909. The number of halogens is 2. The molecule has 2 heterocycles. The van der Waals surface area contributed by atoms with E-state index in [1.165, 1.54) is 0 Å². The Morgan fingerprint density at radius 3 is 2.68 bits per heavy atom. The minimum absolute atomic E-state index is 0. The first-order chi connectivity index (χ1) is 12.4. The number of aromatic nitrogens is 1. The molecule has 0 radical (unpaired) electrons. The topological polar surface area (TPSA) is 89.7 Å². The van der Waals surface area contributed by atoms with Crippen LogP contribution in [-0.2, 0) is 20.8 Å². The molecule has 2 fully saturated rings. The Labute approximate surface area is 179 Å². The Kier molecular flexibility index (Phi) is 8.96. The van der Waals surface area contributed by atoms with Gasteiger partial charge in [-0.3, -0.25) is 4.79 Å². The summed E-state index contributed by atoms with van der Waals surface area (Å²) in [4.78, 5) is 19.5. The van der Waals surface area contributed by atoms with E-state index in [-0.39, 0.29) is 36.8 Å². The maximum absolute atomic E-state index is 12.8. The number of hydrogen-bond acceptors (Lipinski definition) is 6. The molecule has 2 atom stereocenters. The van der Waals surface area contributed by atoms with E-state index in [1.54, 1.807) is 6.20 Å². The van der Waals surface area contributed by atoms with E-state index < -0.39 is 11.0 Å². The molecular weight excluding hydrogens is 403 g/mol. The minimum Gasteiger partial charge on any atom is -0.378 e. The third kappa shape index (κ3) is 4.54. The highest BCUT2D eigenvalue weighted by atomic mass is 35.5. The van der Waals surface area contributed by atoms with E-state index in [4.69, 9.17) is 15.2 Å². The van der Waals surface area contributed by atoms with Gasteiger partial charge in [0.25, 0.3) is 0 Å². The summed E-state index contributed by atoms with van der Waals surface area (Å²) in [5, 5.41) is 3.02. The first-order valence-corrected chi connectivity index (χ1v) is 9.35. The summed E-state index contributed by atoms with van der Waals surface area (Å²) in [5.41, 5.74) is 6.14. The molecule has 0 spiro atoms. The second-order valence-corrected chi connectivity index (χ2v) is 7.61. The van der Waals surface area contributed by atoms with Gasteiger partial charge in [0.15, 0.2) is 0 Å². The van der Waals surface area contributed by atoms with E-state index >= 15 is 0 Å². The highest BCUT2D eigenvalue weighted by Gasteiger charge is 2.62. The van der Waals surface area contributed by atoms with Gasteiger partial charge in [-0.2, -0.15) is 0 Å². The number of rotatable bonds is 6. The van der Waals surface area contributed by atoms with Gasteiger partial charge in [-0.25, -0.2) is 4.98 Å². The van der Waals surface area contributed by atoms with E-state index in [9.17, 15) is 4.79 Å². The van der Waals surface area contributed by atoms with Crippen molar-refractivity contribution in [3.63, 3.8) is 0 Å². The number of nitrogens with two attached hydrogens (primary N) is 1. The average Bonchev–Trinajstić information content (AvgIpc) is 2.66. The van der Waals surface area contributed by atoms with Gasteiger partial charge in [0.05, 0.1) is 19.3 Å². The molecule has 3 N–H and O–H groups in total. The summed E-state index contributed by atoms with van der Waals surface area (Å²) >= 11 is 0. The molecule has 0 aromatic carbocycles. The molecule has 1 saturated heterocycles. The highest BCUT2D eigenvalue weighted by molar-refractivity contribution is 5.88. The van der Waals surface area contributed by atoms with Crippen LogP contribution in [0.2, 0.25) is 0 Å². The summed E-state index contributed by atoms with van der Waals surface area (Å²) in [6.07, 6.45) is 2.34. The molecule has 28 heavy (non-hydrogen) atoms. The fraction of sp³-hybridized carbons (Fsp3) is 0.684. The number of hydrogen-bond donors (Lipinski definition) is 2. The quantitative estimate of drug-likeness (QED) is 0.710. The molecule has 7 nitrogen and oxygen atoms in total. The smallest absolute Gasteiger partial charge is 0.241 e. The predicted molar refractivity (Wildman–Crippen MR) is 114 cm³/mol. The van der Waals surface area contributed by atoms with Gasteiger partial charge in [-0.05, 0) is 13.0 Å². The molecule has 1 saturated carbocycles. The number of anilines is 1. The van der Waals surface area contributed by atoms with Crippen molar-refractivity contribution in [3.05, 3.63) is 23.9 Å². The van der Waals surface area contributed by atoms with Crippen molar-refractivity contribution in [3.8, 4) is 0 Å². The molecule has 1 amide bonds. The largest absolute Gasteiger partial charge is 0.378 e. The zero-order valence-electron chi connectivity index (χ0n) is 16.8. The van der Waals surface area contributed by atoms with Gasteiger partial charge >= 0.3 is 0 Å². The van der Waals surface area contributed by atoms with Crippen LogP contribution in [0.25, 0.3) is 0 Å². The van der Waals surface area contributed by atoms with Crippen LogP contribution in [0.15, 0.2) is 18.3 Å². The lowest BCUT2D eigenvalue weighted by Gasteiger charge is -2.57. The Bertz CT molecular complexity index is 656. The van der Waals surface area contributed by atoms with E-state index in [2.05, 4.69) is 15.2 Å². The Morgan fingerprint density at radius 1 is 1.39 bits per heavy atom. The van der Waals surface area contributed by atoms with E-state index in [1.807, 2.05) is 32.9 Å². The molecule has 0 bridgehead atoms. The van der Waals surface area contributed by atoms with Crippen molar-refractivity contribution in [2.45, 2.75) is 45.4 Å². The Balaban J connectivity index is 0.00000196. The predicted octanol–water partition coefficient (Wildman–Crippen LogP) is 1.91. The van der Waals surface area contributed by atoms with Crippen LogP contribution in [0.4, 0.5) is 5.82 Å². The van der Waals surface area contributed by atoms with E-state index in [0.717, 1.165) is 24.5 Å². The van der Waals surface area contributed by atoms with Gasteiger partial charge in [-0.1, -0.05) is 19.9 Å². The van der Waals surface area contributed by atoms with E-state index in [0.29, 0.717) is 32.8 Å². The van der Waals surface area contributed by atoms with Crippen LogP contribution in [0.5, 0.6) is 0 Å². The number of morpholine rings is 1. The second kappa shape index (κ2) is 10.1. The average molecular weight is 435 g/mol. The number of carbonyl (C=O) groups excluding carboxylic acids is 1. The van der Waals surface area contributed by atoms with Crippen LogP contribution in [0.1, 0.15) is 32.8 Å². The fourth-order valence-corrected chi connectivity index (χ4v) is 3.78. The lowest BCUT2D eigenvalue weighted by atomic mass is 9.54. The second-order valence-electron chi connectivity index (χ2n) is 7.61. The number of nitrogens with zero attached hydrogens (tertiary/aromatic N) is 2. The number of amides is 1. The monoisotopic (exact) mass is 434 g/mol. The molecular formula is C19H32Cl2N4O3. The van der Waals surface area contributed by atoms with Crippen molar-refractivity contribution in [1.82, 2.24) is 10.3 Å². The molecule has 1 aliphatic carbocycles. The molecule has 1 aliphatic heterocycles. The van der Waals surface area contributed by atoms with Crippen molar-refractivity contribution >= 4 is 36.5 Å². The van der Waals surface area contributed by atoms with Crippen molar-refractivity contribution < 1.29 is 14.3 Å². The third-order valence-electron chi connectivity index (χ3n) is 5.85. The first-order valence-electron chi connectivity index (χ1n) is 9.35. The normalized spacial score (nSPS) is 25.7. The van der Waals surface area contributed by atoms with Crippen LogP contribution in [-0.4, -0.2) is 55.4 Å². The maximum atomic E-state index is 12.8. The summed E-state index contributed by atoms with van der Waals surface area (Å²) in [5.74, 6) is 0.775. The lowest BCUT2D eigenvalue weighted by molar-refractivity contribution is -0.170. The number of nitrogens with one attached hydrogen (secondary N) is 1. The summed E-state index contributed by atoms with van der Waals surface area (Å²) in [6.45, 7) is 10.0. The lowest BCUT2D eigenvalue weighted by Crippen LogP contribution is -2.75. The van der Waals surface area contributed by atoms with Crippen LogP contribution in [0, 0.1) is 5.41 Å². The SMILES string of the molecule is CCOC1CC(N)(C(=O)NCc2cccnc2N2CCOCC2)C1(C)C.Cl.Cl. The van der Waals surface area contributed by atoms with Crippen molar-refractivity contribution in [1.29, 1.82) is 0 Å². The van der Waals surface area contributed by atoms with Gasteiger partial charge in [0.2, 0.25) is 5.91 Å². The van der Waals surface area contributed by atoms with Crippen molar-refractivity contribution in [2.24, 2.45) is 11.1 Å². The molecule has 1 aromatic heterocycles. The zero-order chi connectivity index (χ0) is 18.8. The highest BCUT2D eigenvalue weighted by Crippen LogP contribution is 2.49. The summed E-state index contributed by atoms with van der Waals surface area (Å²) in [6, 6.07) is 3.89. The summed E-state index contributed by atoms with van der Waals surface area (Å²) < 4.78 is 11.1. The standard InChI is InChI=1S/C19H30N4O3.2ClH/c1-4-26-15-12-19(20,18(15,2)3)17(24)22-13-14-6-5-7-21-16(14)23-8-10-25-11-9-23;;/h5-7,15H,4,8-13,20H2,1-3H3,(H,22,24);2*1H. The Hall–Kier alpha value is -1.12. The third-order valence-corrected chi connectivity index (χ3v) is 5.85. The van der Waals surface area contributed by atoms with Gasteiger partial charge < -0.3 is 25.4 Å². The first kappa shape index (κ1) is 24.9. The fourth-order valence-electron chi connectivity index (χ4n) is 3.78. The molecule has 1 aromatic rings. The van der Waals surface area contributed by atoms with Crippen LogP contribution >= 0.6 is 24.8 Å². The molecule has 3 rings (SSSR count). The van der Waals surface area contributed by atoms with Crippen LogP contribution < -0.4 is 16.0 Å². The van der Waals surface area contributed by atoms with Gasteiger partial charge in [0.1, 0.15) is 11.4 Å².